The Morgan fingerprint density at radius 1 is 1.07 bits per heavy atom. The molecular formula is C23H26ClN5O. The highest BCUT2D eigenvalue weighted by molar-refractivity contribution is 6.31. The van der Waals surface area contributed by atoms with Crippen LogP contribution in [-0.2, 0) is 4.79 Å². The molecule has 156 valence electrons. The van der Waals surface area contributed by atoms with Crippen molar-refractivity contribution in [3.8, 4) is 11.4 Å². The predicted molar refractivity (Wildman–Crippen MR) is 122 cm³/mol. The standard InChI is InChI=1S/C23H26ClN5O/c1-2-28-12-14-29(15-13-28)21(30)10-11-25-23-19-9-8-18(24)16-20(19)26-22(27-23)17-6-4-3-5-7-17/h3-9,16H,2,10-15H2,1H3,(H,25,26,27). The summed E-state index contributed by atoms with van der Waals surface area (Å²) in [6.45, 7) is 7.23. The first-order chi connectivity index (χ1) is 14.6. The molecule has 0 radical (unpaired) electrons. The average molecular weight is 424 g/mol. The second-order valence-electron chi connectivity index (χ2n) is 7.42. The molecule has 0 spiro atoms. The number of carbonyl (C=O) groups excluding carboxylic acids is 1. The highest BCUT2D eigenvalue weighted by Crippen LogP contribution is 2.27. The number of aromatic nitrogens is 2. The van der Waals surface area contributed by atoms with Crippen LogP contribution in [0.4, 0.5) is 5.82 Å². The van der Waals surface area contributed by atoms with Crippen LogP contribution in [-0.4, -0.2) is 64.9 Å². The zero-order chi connectivity index (χ0) is 20.9. The van der Waals surface area contributed by atoms with E-state index in [0.717, 1.165) is 55.0 Å². The molecule has 2 heterocycles. The number of benzene rings is 2. The first-order valence-corrected chi connectivity index (χ1v) is 10.8. The fourth-order valence-corrected chi connectivity index (χ4v) is 3.88. The molecule has 30 heavy (non-hydrogen) atoms. The number of amides is 1. The van der Waals surface area contributed by atoms with Crippen LogP contribution < -0.4 is 5.32 Å². The third kappa shape index (κ3) is 4.71. The molecule has 0 saturated carbocycles. The lowest BCUT2D eigenvalue weighted by Crippen LogP contribution is -2.48. The SMILES string of the molecule is CCN1CCN(C(=O)CCNc2nc(-c3ccccc3)nc3cc(Cl)ccc23)CC1. The fourth-order valence-electron chi connectivity index (χ4n) is 3.71. The van der Waals surface area contributed by atoms with Gasteiger partial charge in [-0.3, -0.25) is 4.79 Å². The Kier molecular flexibility index (Phi) is 6.45. The van der Waals surface area contributed by atoms with Crippen molar-refractivity contribution >= 4 is 34.2 Å². The number of likely N-dealkylation sites (N-methyl/N-ethyl adjacent to an activating group) is 1. The zero-order valence-electron chi connectivity index (χ0n) is 17.1. The summed E-state index contributed by atoms with van der Waals surface area (Å²) in [5.74, 6) is 1.54. The molecular weight excluding hydrogens is 398 g/mol. The maximum atomic E-state index is 12.6. The lowest BCUT2D eigenvalue weighted by Gasteiger charge is -2.34. The van der Waals surface area contributed by atoms with Crippen LogP contribution in [0.25, 0.3) is 22.3 Å². The Balaban J connectivity index is 1.48. The summed E-state index contributed by atoms with van der Waals surface area (Å²) in [5.41, 5.74) is 1.72. The number of halogens is 1. The second kappa shape index (κ2) is 9.41. The van der Waals surface area contributed by atoms with E-state index in [0.29, 0.717) is 23.8 Å². The number of fused-ring (bicyclic) bond motifs is 1. The molecule has 1 amide bonds. The van der Waals surface area contributed by atoms with E-state index in [1.54, 1.807) is 0 Å². The van der Waals surface area contributed by atoms with Gasteiger partial charge in [0.1, 0.15) is 5.82 Å². The van der Waals surface area contributed by atoms with E-state index < -0.39 is 0 Å². The molecule has 0 atom stereocenters. The zero-order valence-corrected chi connectivity index (χ0v) is 17.9. The van der Waals surface area contributed by atoms with Gasteiger partial charge in [0.25, 0.3) is 0 Å². The van der Waals surface area contributed by atoms with E-state index in [2.05, 4.69) is 22.1 Å². The number of nitrogens with zero attached hydrogens (tertiary/aromatic N) is 4. The van der Waals surface area contributed by atoms with E-state index in [-0.39, 0.29) is 5.91 Å². The van der Waals surface area contributed by atoms with Gasteiger partial charge < -0.3 is 15.1 Å². The molecule has 1 saturated heterocycles. The van der Waals surface area contributed by atoms with Crippen LogP contribution in [0.3, 0.4) is 0 Å². The van der Waals surface area contributed by atoms with Gasteiger partial charge in [-0.15, -0.1) is 0 Å². The highest BCUT2D eigenvalue weighted by atomic mass is 35.5. The molecule has 3 aromatic rings. The normalized spacial score (nSPS) is 14.8. The van der Waals surface area contributed by atoms with Gasteiger partial charge in [-0.05, 0) is 24.7 Å². The number of hydrogen-bond donors (Lipinski definition) is 1. The van der Waals surface area contributed by atoms with Crippen molar-refractivity contribution in [3.63, 3.8) is 0 Å². The smallest absolute Gasteiger partial charge is 0.224 e. The van der Waals surface area contributed by atoms with Gasteiger partial charge >= 0.3 is 0 Å². The van der Waals surface area contributed by atoms with Crippen LogP contribution in [0.1, 0.15) is 13.3 Å². The maximum Gasteiger partial charge on any atom is 0.224 e. The Bertz CT molecular complexity index is 1020. The topological polar surface area (TPSA) is 61.4 Å². The number of nitrogens with one attached hydrogen (secondary N) is 1. The van der Waals surface area contributed by atoms with Crippen LogP contribution in [0.2, 0.25) is 5.02 Å². The lowest BCUT2D eigenvalue weighted by molar-refractivity contribution is -0.132. The summed E-state index contributed by atoms with van der Waals surface area (Å²) in [6, 6.07) is 15.4. The molecule has 1 fully saturated rings. The van der Waals surface area contributed by atoms with Gasteiger partial charge in [-0.2, -0.15) is 0 Å². The van der Waals surface area contributed by atoms with Crippen molar-refractivity contribution in [1.29, 1.82) is 0 Å². The quantitative estimate of drug-likeness (QED) is 0.651. The van der Waals surface area contributed by atoms with E-state index in [1.807, 2.05) is 53.4 Å². The third-order valence-corrected chi connectivity index (χ3v) is 5.73. The first kappa shape index (κ1) is 20.6. The fraction of sp³-hybridized carbons (Fsp3) is 0.348. The minimum absolute atomic E-state index is 0.183. The van der Waals surface area contributed by atoms with Gasteiger partial charge in [-0.25, -0.2) is 9.97 Å². The highest BCUT2D eigenvalue weighted by Gasteiger charge is 2.20. The minimum atomic E-state index is 0.183. The number of piperazine rings is 1. The number of anilines is 1. The number of hydrogen-bond acceptors (Lipinski definition) is 5. The van der Waals surface area contributed by atoms with Gasteiger partial charge in [-0.1, -0.05) is 48.9 Å². The Morgan fingerprint density at radius 3 is 2.57 bits per heavy atom. The molecule has 0 unspecified atom stereocenters. The molecule has 2 aromatic carbocycles. The maximum absolute atomic E-state index is 12.6. The molecule has 0 bridgehead atoms. The van der Waals surface area contributed by atoms with Crippen LogP contribution in [0.5, 0.6) is 0 Å². The molecule has 0 aliphatic carbocycles. The molecule has 6 nitrogen and oxygen atoms in total. The van der Waals surface area contributed by atoms with E-state index in [9.17, 15) is 4.79 Å². The van der Waals surface area contributed by atoms with Crippen molar-refractivity contribution in [2.24, 2.45) is 0 Å². The van der Waals surface area contributed by atoms with Crippen molar-refractivity contribution in [1.82, 2.24) is 19.8 Å². The summed E-state index contributed by atoms with van der Waals surface area (Å²) >= 11 is 6.19. The van der Waals surface area contributed by atoms with Gasteiger partial charge in [0, 0.05) is 55.1 Å². The van der Waals surface area contributed by atoms with Gasteiger partial charge in [0.15, 0.2) is 5.82 Å². The molecule has 4 rings (SSSR count). The Morgan fingerprint density at radius 2 is 1.83 bits per heavy atom. The third-order valence-electron chi connectivity index (χ3n) is 5.49. The van der Waals surface area contributed by atoms with Crippen LogP contribution in [0, 0.1) is 0 Å². The van der Waals surface area contributed by atoms with E-state index in [1.165, 1.54) is 0 Å². The molecule has 1 aromatic heterocycles. The van der Waals surface area contributed by atoms with Crippen LogP contribution in [0.15, 0.2) is 48.5 Å². The van der Waals surface area contributed by atoms with Gasteiger partial charge in [0.05, 0.1) is 5.52 Å². The van der Waals surface area contributed by atoms with Crippen molar-refractivity contribution < 1.29 is 4.79 Å². The first-order valence-electron chi connectivity index (χ1n) is 10.4. The molecule has 1 aliphatic rings. The minimum Gasteiger partial charge on any atom is -0.369 e. The summed E-state index contributed by atoms with van der Waals surface area (Å²) in [7, 11) is 0. The van der Waals surface area contributed by atoms with Crippen molar-refractivity contribution in [2.75, 3.05) is 44.6 Å². The van der Waals surface area contributed by atoms with Crippen molar-refractivity contribution in [3.05, 3.63) is 53.6 Å². The van der Waals surface area contributed by atoms with E-state index in [4.69, 9.17) is 16.6 Å². The molecule has 1 N–H and O–H groups in total. The monoisotopic (exact) mass is 423 g/mol. The molecule has 7 heteroatoms. The van der Waals surface area contributed by atoms with Crippen LogP contribution >= 0.6 is 11.6 Å². The summed E-state index contributed by atoms with van der Waals surface area (Å²) in [6.07, 6.45) is 0.436. The predicted octanol–water partition coefficient (Wildman–Crippen LogP) is 3.92. The Hall–Kier alpha value is -2.70. The lowest BCUT2D eigenvalue weighted by atomic mass is 10.2. The average Bonchev–Trinajstić information content (AvgIpc) is 2.79. The number of carbonyl (C=O) groups is 1. The van der Waals surface area contributed by atoms with Crippen molar-refractivity contribution in [2.45, 2.75) is 13.3 Å². The van der Waals surface area contributed by atoms with Gasteiger partial charge in [0.2, 0.25) is 5.91 Å². The summed E-state index contributed by atoms with van der Waals surface area (Å²) in [4.78, 5) is 26.3. The number of rotatable bonds is 6. The molecule has 1 aliphatic heterocycles. The van der Waals surface area contributed by atoms with E-state index >= 15 is 0 Å². The second-order valence-corrected chi connectivity index (χ2v) is 7.85. The Labute approximate surface area is 181 Å². The summed E-state index contributed by atoms with van der Waals surface area (Å²) in [5, 5.41) is 4.88. The largest absolute Gasteiger partial charge is 0.369 e. The summed E-state index contributed by atoms with van der Waals surface area (Å²) < 4.78 is 0.